The first-order valence-corrected chi connectivity index (χ1v) is 8.14. The Bertz CT molecular complexity index is 676. The number of carbonyl (C=O) groups is 2. The number of anilines is 1. The van der Waals surface area contributed by atoms with E-state index in [-0.39, 0.29) is 25.6 Å². The molecule has 0 aliphatic carbocycles. The number of carbonyl (C=O) groups excluding carboxylic acids is 1. The van der Waals surface area contributed by atoms with Gasteiger partial charge in [0.1, 0.15) is 0 Å². The molecule has 2 rings (SSSR count). The average Bonchev–Trinajstić information content (AvgIpc) is 2.65. The summed E-state index contributed by atoms with van der Waals surface area (Å²) in [6, 6.07) is 17.7. The number of hydrogen-bond donors (Lipinski definition) is 2. The third-order valence-electron chi connectivity index (χ3n) is 3.79. The van der Waals surface area contributed by atoms with Gasteiger partial charge in [-0.1, -0.05) is 36.4 Å². The topological polar surface area (TPSA) is 81.1 Å². The number of benzene rings is 2. The van der Waals surface area contributed by atoms with Crippen LogP contribution in [-0.4, -0.2) is 53.4 Å². The van der Waals surface area contributed by atoms with Gasteiger partial charge in [0.15, 0.2) is 0 Å². The summed E-state index contributed by atoms with van der Waals surface area (Å²) in [6.45, 7) is 0.709. The van der Waals surface area contributed by atoms with E-state index in [9.17, 15) is 19.8 Å². The zero-order valence-electron chi connectivity index (χ0n) is 13.9. The van der Waals surface area contributed by atoms with E-state index in [1.54, 1.807) is 53.4 Å². The Balaban J connectivity index is 1.98. The summed E-state index contributed by atoms with van der Waals surface area (Å²) in [7, 11) is 0. The summed E-state index contributed by atoms with van der Waals surface area (Å²) in [4.78, 5) is 26.8. The molecule has 0 aliphatic heterocycles. The molecule has 132 valence electrons. The lowest BCUT2D eigenvalue weighted by molar-refractivity contribution is 0.0721. The van der Waals surface area contributed by atoms with Crippen LogP contribution in [0.2, 0.25) is 0 Å². The van der Waals surface area contributed by atoms with Crippen LogP contribution in [0, 0.1) is 0 Å². The molecule has 0 saturated carbocycles. The SMILES string of the molecule is O=C(c1ccccc1)N(CCO)CCCN(C(=O)O)c1ccccc1. The van der Waals surface area contributed by atoms with Crippen LogP contribution in [0.1, 0.15) is 16.8 Å². The zero-order valence-corrected chi connectivity index (χ0v) is 13.9. The lowest BCUT2D eigenvalue weighted by Gasteiger charge is -2.24. The molecule has 2 N–H and O–H groups in total. The summed E-state index contributed by atoms with van der Waals surface area (Å²) >= 11 is 0. The molecule has 0 aromatic heterocycles. The number of para-hydroxylation sites is 1. The first kappa shape index (κ1) is 18.5. The highest BCUT2D eigenvalue weighted by atomic mass is 16.4. The van der Waals surface area contributed by atoms with E-state index in [1.807, 2.05) is 12.1 Å². The van der Waals surface area contributed by atoms with Crippen molar-refractivity contribution < 1.29 is 19.8 Å². The van der Waals surface area contributed by atoms with Crippen LogP contribution in [0.4, 0.5) is 10.5 Å². The maximum Gasteiger partial charge on any atom is 0.411 e. The fraction of sp³-hybridized carbons (Fsp3) is 0.263. The van der Waals surface area contributed by atoms with E-state index < -0.39 is 6.09 Å². The normalized spacial score (nSPS) is 10.3. The molecule has 0 radical (unpaired) electrons. The second-order valence-corrected chi connectivity index (χ2v) is 5.51. The second kappa shape index (κ2) is 9.44. The van der Waals surface area contributed by atoms with Crippen molar-refractivity contribution in [1.29, 1.82) is 0 Å². The van der Waals surface area contributed by atoms with Gasteiger partial charge in [-0.15, -0.1) is 0 Å². The number of hydrogen-bond acceptors (Lipinski definition) is 3. The van der Waals surface area contributed by atoms with Crippen molar-refractivity contribution in [3.05, 3.63) is 66.2 Å². The monoisotopic (exact) mass is 342 g/mol. The van der Waals surface area contributed by atoms with E-state index >= 15 is 0 Å². The maximum atomic E-state index is 12.5. The van der Waals surface area contributed by atoms with Gasteiger partial charge >= 0.3 is 6.09 Å². The van der Waals surface area contributed by atoms with E-state index in [1.165, 1.54) is 4.90 Å². The highest BCUT2D eigenvalue weighted by Gasteiger charge is 2.17. The predicted molar refractivity (Wildman–Crippen MR) is 95.9 cm³/mol. The smallest absolute Gasteiger partial charge is 0.411 e. The van der Waals surface area contributed by atoms with E-state index in [4.69, 9.17) is 0 Å². The first-order valence-electron chi connectivity index (χ1n) is 8.14. The molecule has 0 bridgehead atoms. The van der Waals surface area contributed by atoms with E-state index in [2.05, 4.69) is 0 Å². The lowest BCUT2D eigenvalue weighted by Crippen LogP contribution is -2.37. The Morgan fingerprint density at radius 2 is 1.44 bits per heavy atom. The largest absolute Gasteiger partial charge is 0.465 e. The van der Waals surface area contributed by atoms with Crippen molar-refractivity contribution in [3.63, 3.8) is 0 Å². The van der Waals surface area contributed by atoms with Crippen molar-refractivity contribution in [2.45, 2.75) is 6.42 Å². The molecule has 0 aliphatic rings. The Hall–Kier alpha value is -2.86. The van der Waals surface area contributed by atoms with Crippen LogP contribution in [0.25, 0.3) is 0 Å². The van der Waals surface area contributed by atoms with Gasteiger partial charge < -0.3 is 15.1 Å². The van der Waals surface area contributed by atoms with Gasteiger partial charge in [0.25, 0.3) is 5.91 Å². The Morgan fingerprint density at radius 3 is 2.00 bits per heavy atom. The van der Waals surface area contributed by atoms with Gasteiger partial charge in [-0.2, -0.15) is 0 Å². The molecule has 2 aromatic carbocycles. The molecule has 0 heterocycles. The third-order valence-corrected chi connectivity index (χ3v) is 3.79. The molecule has 0 saturated heterocycles. The van der Waals surface area contributed by atoms with Crippen LogP contribution >= 0.6 is 0 Å². The van der Waals surface area contributed by atoms with Crippen molar-refractivity contribution in [2.75, 3.05) is 31.1 Å². The Kier molecular flexibility index (Phi) is 6.98. The molecule has 6 nitrogen and oxygen atoms in total. The number of amides is 2. The minimum atomic E-state index is -1.03. The molecular weight excluding hydrogens is 320 g/mol. The summed E-state index contributed by atoms with van der Waals surface area (Å²) in [5.41, 5.74) is 1.15. The number of aliphatic hydroxyl groups is 1. The fourth-order valence-electron chi connectivity index (χ4n) is 2.56. The van der Waals surface area contributed by atoms with Crippen molar-refractivity contribution in [2.24, 2.45) is 0 Å². The van der Waals surface area contributed by atoms with Gasteiger partial charge in [-0.05, 0) is 30.7 Å². The van der Waals surface area contributed by atoms with Crippen LogP contribution in [0.15, 0.2) is 60.7 Å². The van der Waals surface area contributed by atoms with Crippen LogP contribution in [0.3, 0.4) is 0 Å². The van der Waals surface area contributed by atoms with Gasteiger partial charge in [-0.25, -0.2) is 4.79 Å². The summed E-state index contributed by atoms with van der Waals surface area (Å²) in [6.07, 6.45) is -0.561. The lowest BCUT2D eigenvalue weighted by atomic mass is 10.2. The minimum absolute atomic E-state index is 0.139. The predicted octanol–water partition coefficient (Wildman–Crippen LogP) is 2.70. The molecule has 0 unspecified atom stereocenters. The second-order valence-electron chi connectivity index (χ2n) is 5.51. The van der Waals surface area contributed by atoms with E-state index in [0.717, 1.165) is 0 Å². The highest BCUT2D eigenvalue weighted by molar-refractivity contribution is 5.94. The van der Waals surface area contributed by atoms with Gasteiger partial charge in [0, 0.05) is 30.9 Å². The summed E-state index contributed by atoms with van der Waals surface area (Å²) in [5.74, 6) is -0.170. The Morgan fingerprint density at radius 1 is 0.840 bits per heavy atom. The molecule has 6 heteroatoms. The molecule has 25 heavy (non-hydrogen) atoms. The standard InChI is InChI=1S/C19H22N2O4/c22-15-14-20(18(23)16-8-3-1-4-9-16)12-7-13-21(19(24)25)17-10-5-2-6-11-17/h1-6,8-11,22H,7,12-15H2,(H,24,25). The van der Waals surface area contributed by atoms with Crippen LogP contribution in [-0.2, 0) is 0 Å². The average molecular weight is 342 g/mol. The zero-order chi connectivity index (χ0) is 18.1. The molecule has 2 aromatic rings. The minimum Gasteiger partial charge on any atom is -0.465 e. The first-order chi connectivity index (χ1) is 12.1. The molecule has 0 spiro atoms. The maximum absolute atomic E-state index is 12.5. The number of nitrogens with zero attached hydrogens (tertiary/aromatic N) is 2. The summed E-state index contributed by atoms with van der Waals surface area (Å²) < 4.78 is 0. The molecule has 2 amide bonds. The highest BCUT2D eigenvalue weighted by Crippen LogP contribution is 2.14. The third kappa shape index (κ3) is 5.32. The van der Waals surface area contributed by atoms with Crippen LogP contribution < -0.4 is 4.90 Å². The van der Waals surface area contributed by atoms with Gasteiger partial charge in [0.05, 0.1) is 6.61 Å². The van der Waals surface area contributed by atoms with Gasteiger partial charge in [0.2, 0.25) is 0 Å². The summed E-state index contributed by atoms with van der Waals surface area (Å²) in [5, 5.41) is 18.6. The van der Waals surface area contributed by atoms with Crippen molar-refractivity contribution >= 4 is 17.7 Å². The van der Waals surface area contributed by atoms with E-state index in [0.29, 0.717) is 24.2 Å². The van der Waals surface area contributed by atoms with Crippen molar-refractivity contribution in [1.82, 2.24) is 4.90 Å². The number of rotatable bonds is 8. The quantitative estimate of drug-likeness (QED) is 0.773. The molecule has 0 fully saturated rings. The molecule has 0 atom stereocenters. The van der Waals surface area contributed by atoms with Gasteiger partial charge in [-0.3, -0.25) is 9.69 Å². The van der Waals surface area contributed by atoms with Crippen molar-refractivity contribution in [3.8, 4) is 0 Å². The molecular formula is C19H22N2O4. The number of aliphatic hydroxyl groups excluding tert-OH is 1. The van der Waals surface area contributed by atoms with Crippen LogP contribution in [0.5, 0.6) is 0 Å². The fourth-order valence-corrected chi connectivity index (χ4v) is 2.56. The Labute approximate surface area is 146 Å². The number of carboxylic acid groups (broad SMARTS) is 1.